The van der Waals surface area contributed by atoms with Crippen LogP contribution < -0.4 is 0 Å². The molecule has 0 N–H and O–H groups in total. The molecule has 0 spiro atoms. The zero-order valence-electron chi connectivity index (χ0n) is 13.8. The lowest BCUT2D eigenvalue weighted by molar-refractivity contribution is -0.142. The number of hydrogen-bond donors (Lipinski definition) is 0. The fourth-order valence-corrected chi connectivity index (χ4v) is 4.09. The third-order valence-corrected chi connectivity index (χ3v) is 4.87. The first-order valence-electron chi connectivity index (χ1n) is 8.02. The van der Waals surface area contributed by atoms with E-state index in [2.05, 4.69) is 0 Å². The van der Waals surface area contributed by atoms with Crippen molar-refractivity contribution in [2.24, 2.45) is 0 Å². The molecule has 1 atom stereocenters. The van der Waals surface area contributed by atoms with Crippen LogP contribution in [0.1, 0.15) is 30.2 Å². The fraction of sp³-hybridized carbons (Fsp3) is 0.471. The van der Waals surface area contributed by atoms with Crippen LogP contribution in [0.25, 0.3) is 5.52 Å². The summed E-state index contributed by atoms with van der Waals surface area (Å²) >= 11 is 0. The second-order valence-electron chi connectivity index (χ2n) is 6.01. The van der Waals surface area contributed by atoms with E-state index in [-0.39, 0.29) is 18.5 Å². The molecule has 2 heterocycles. The molecule has 0 saturated carbocycles. The number of carbonyl (C=O) groups is 1. The normalized spacial score (nSPS) is 17.7. The summed E-state index contributed by atoms with van der Waals surface area (Å²) in [6.07, 6.45) is 4.69. The predicted octanol–water partition coefficient (Wildman–Crippen LogP) is 1.88. The molecule has 0 saturated heterocycles. The van der Waals surface area contributed by atoms with Gasteiger partial charge in [-0.15, -0.1) is 0 Å². The highest BCUT2D eigenvalue weighted by Gasteiger charge is 2.29. The van der Waals surface area contributed by atoms with E-state index in [1.807, 2.05) is 28.8 Å². The van der Waals surface area contributed by atoms with Gasteiger partial charge >= 0.3 is 5.97 Å². The Kier molecular flexibility index (Phi) is 4.64. The van der Waals surface area contributed by atoms with Gasteiger partial charge in [-0.25, -0.2) is 0 Å². The number of carbonyl (C=O) groups excluding carboxylic acids is 1. The van der Waals surface area contributed by atoms with Gasteiger partial charge in [0.05, 0.1) is 25.4 Å². The monoisotopic (exact) mass is 351 g/mol. The minimum absolute atomic E-state index is 0.214. The highest BCUT2D eigenvalue weighted by Crippen LogP contribution is 2.32. The molecular weight excluding hydrogens is 330 g/mol. The Morgan fingerprint density at radius 2 is 2.12 bits per heavy atom. The van der Waals surface area contributed by atoms with Crippen molar-refractivity contribution in [3.63, 3.8) is 0 Å². The van der Waals surface area contributed by atoms with E-state index in [1.54, 1.807) is 6.92 Å². The fourth-order valence-electron chi connectivity index (χ4n) is 3.43. The first kappa shape index (κ1) is 17.0. The first-order valence-corrected chi connectivity index (χ1v) is 9.84. The Labute approximate surface area is 141 Å². The van der Waals surface area contributed by atoms with Crippen molar-refractivity contribution in [1.29, 1.82) is 0 Å². The molecule has 0 fully saturated rings. The molecule has 0 aliphatic heterocycles. The number of ether oxygens (including phenoxy) is 1. The van der Waals surface area contributed by atoms with Crippen molar-refractivity contribution in [2.45, 2.75) is 38.7 Å². The van der Waals surface area contributed by atoms with Gasteiger partial charge < -0.3 is 9.14 Å². The first-order chi connectivity index (χ1) is 11.4. The zero-order chi connectivity index (χ0) is 17.3. The van der Waals surface area contributed by atoms with Gasteiger partial charge in [-0.1, -0.05) is 6.07 Å². The molecule has 0 bridgehead atoms. The summed E-state index contributed by atoms with van der Waals surface area (Å²) in [5, 5.41) is 0. The molecule has 0 aromatic carbocycles. The Morgan fingerprint density at radius 3 is 2.83 bits per heavy atom. The van der Waals surface area contributed by atoms with E-state index >= 15 is 0 Å². The van der Waals surface area contributed by atoms with Crippen molar-refractivity contribution in [2.75, 3.05) is 12.9 Å². The van der Waals surface area contributed by atoms with E-state index in [0.717, 1.165) is 28.6 Å². The number of nitrogens with zero attached hydrogens (tertiary/aromatic N) is 1. The highest BCUT2D eigenvalue weighted by molar-refractivity contribution is 7.86. The van der Waals surface area contributed by atoms with Gasteiger partial charge in [0.25, 0.3) is 10.1 Å². The summed E-state index contributed by atoms with van der Waals surface area (Å²) in [4.78, 5) is 12.0. The van der Waals surface area contributed by atoms with Gasteiger partial charge in [0.1, 0.15) is 0 Å². The van der Waals surface area contributed by atoms with Gasteiger partial charge in [-0.3, -0.25) is 8.98 Å². The molecule has 130 valence electrons. The lowest BCUT2D eigenvalue weighted by Gasteiger charge is -2.22. The zero-order valence-corrected chi connectivity index (χ0v) is 14.6. The number of fused-ring (bicyclic) bond motifs is 3. The van der Waals surface area contributed by atoms with E-state index in [4.69, 9.17) is 8.92 Å². The highest BCUT2D eigenvalue weighted by atomic mass is 32.2. The maximum absolute atomic E-state index is 12.0. The minimum Gasteiger partial charge on any atom is -0.466 e. The van der Waals surface area contributed by atoms with Crippen molar-refractivity contribution >= 4 is 21.6 Å². The summed E-state index contributed by atoms with van der Waals surface area (Å²) < 4.78 is 35.1. The molecule has 2 aromatic rings. The number of pyridine rings is 1. The summed E-state index contributed by atoms with van der Waals surface area (Å²) in [7, 11) is -3.48. The lowest BCUT2D eigenvalue weighted by Crippen LogP contribution is -2.25. The van der Waals surface area contributed by atoms with Crippen LogP contribution in [0.5, 0.6) is 0 Å². The quantitative estimate of drug-likeness (QED) is 0.607. The SMILES string of the molecule is CCOC(=O)Cc1c2c(c3ccccn13)CC(OS(C)(=O)=O)CC2. The number of hydrogen-bond acceptors (Lipinski definition) is 5. The second kappa shape index (κ2) is 6.57. The van der Waals surface area contributed by atoms with E-state index in [1.165, 1.54) is 0 Å². The van der Waals surface area contributed by atoms with Crippen LogP contribution in [0.3, 0.4) is 0 Å². The molecule has 2 aromatic heterocycles. The third-order valence-electron chi connectivity index (χ3n) is 4.25. The molecule has 1 aliphatic rings. The molecule has 24 heavy (non-hydrogen) atoms. The third kappa shape index (κ3) is 3.47. The van der Waals surface area contributed by atoms with E-state index in [0.29, 0.717) is 25.9 Å². The standard InChI is InChI=1S/C17H21NO5S/c1-3-22-17(19)11-16-13-8-7-12(23-24(2,20)21)10-14(13)15-6-4-5-9-18(15)16/h4-6,9,12H,3,7-8,10-11H2,1-2H3. The number of esters is 1. The van der Waals surface area contributed by atoms with Crippen molar-refractivity contribution in [3.8, 4) is 0 Å². The summed E-state index contributed by atoms with van der Waals surface area (Å²) in [5.74, 6) is -0.252. The van der Waals surface area contributed by atoms with Gasteiger partial charge in [0.2, 0.25) is 0 Å². The Bertz CT molecular complexity index is 868. The molecule has 3 rings (SSSR count). The molecular formula is C17H21NO5S. The molecule has 0 amide bonds. The Morgan fingerprint density at radius 1 is 1.33 bits per heavy atom. The van der Waals surface area contributed by atoms with E-state index in [9.17, 15) is 13.2 Å². The average molecular weight is 351 g/mol. The summed E-state index contributed by atoms with van der Waals surface area (Å²) in [6, 6.07) is 5.83. The molecule has 7 heteroatoms. The maximum atomic E-state index is 12.0. The summed E-state index contributed by atoms with van der Waals surface area (Å²) in [6.45, 7) is 2.14. The number of rotatable bonds is 5. The molecule has 0 radical (unpaired) electrons. The van der Waals surface area contributed by atoms with Crippen LogP contribution in [-0.2, 0) is 43.1 Å². The molecule has 6 nitrogen and oxygen atoms in total. The lowest BCUT2D eigenvalue weighted by atomic mass is 9.90. The van der Waals surface area contributed by atoms with Crippen LogP contribution in [0.4, 0.5) is 0 Å². The van der Waals surface area contributed by atoms with E-state index < -0.39 is 10.1 Å². The van der Waals surface area contributed by atoms with Crippen LogP contribution in [0.2, 0.25) is 0 Å². The number of aromatic nitrogens is 1. The van der Waals surface area contributed by atoms with Crippen LogP contribution >= 0.6 is 0 Å². The molecule has 1 unspecified atom stereocenters. The maximum Gasteiger partial charge on any atom is 0.311 e. The smallest absolute Gasteiger partial charge is 0.311 e. The second-order valence-corrected chi connectivity index (χ2v) is 7.61. The van der Waals surface area contributed by atoms with Crippen LogP contribution in [-0.4, -0.2) is 37.8 Å². The molecule has 1 aliphatic carbocycles. The van der Waals surface area contributed by atoms with Gasteiger partial charge in [0.15, 0.2) is 0 Å². The van der Waals surface area contributed by atoms with Gasteiger partial charge in [-0.05, 0) is 43.0 Å². The van der Waals surface area contributed by atoms with Crippen molar-refractivity contribution < 1.29 is 22.1 Å². The van der Waals surface area contributed by atoms with Gasteiger partial charge in [0, 0.05) is 23.8 Å². The topological polar surface area (TPSA) is 74.1 Å². The Hall–Kier alpha value is -1.86. The van der Waals surface area contributed by atoms with Crippen molar-refractivity contribution in [1.82, 2.24) is 4.40 Å². The predicted molar refractivity (Wildman–Crippen MR) is 89.5 cm³/mol. The van der Waals surface area contributed by atoms with Crippen LogP contribution in [0.15, 0.2) is 24.4 Å². The minimum atomic E-state index is -3.48. The largest absolute Gasteiger partial charge is 0.466 e. The van der Waals surface area contributed by atoms with Crippen LogP contribution in [0, 0.1) is 0 Å². The Balaban J connectivity index is 1.99. The van der Waals surface area contributed by atoms with Gasteiger partial charge in [-0.2, -0.15) is 8.42 Å². The van der Waals surface area contributed by atoms with Crippen molar-refractivity contribution in [3.05, 3.63) is 41.2 Å². The average Bonchev–Trinajstić information content (AvgIpc) is 2.80. The summed E-state index contributed by atoms with van der Waals surface area (Å²) in [5.41, 5.74) is 4.10.